The highest BCUT2D eigenvalue weighted by molar-refractivity contribution is 5.77. The maximum absolute atomic E-state index is 10.9. The van der Waals surface area contributed by atoms with Crippen molar-refractivity contribution in [1.82, 2.24) is 10.2 Å². The summed E-state index contributed by atoms with van der Waals surface area (Å²) >= 11 is 0. The van der Waals surface area contributed by atoms with Gasteiger partial charge in [-0.3, -0.25) is 4.79 Å². The normalized spacial score (nSPS) is 22.0. The number of unbranched alkanes of at least 4 members (excludes halogenated alkanes) is 1. The predicted molar refractivity (Wildman–Crippen MR) is 66.1 cm³/mol. The van der Waals surface area contributed by atoms with Crippen molar-refractivity contribution in [3.8, 4) is 0 Å². The quantitative estimate of drug-likeness (QED) is 0.652. The van der Waals surface area contributed by atoms with Crippen LogP contribution in [0.5, 0.6) is 0 Å². The van der Waals surface area contributed by atoms with Crippen molar-refractivity contribution >= 4 is 5.91 Å². The number of nitrogens with zero attached hydrogens (tertiary/aromatic N) is 1. The van der Waals surface area contributed by atoms with Gasteiger partial charge in [-0.05, 0) is 44.7 Å². The van der Waals surface area contributed by atoms with Crippen molar-refractivity contribution in [2.75, 3.05) is 32.7 Å². The van der Waals surface area contributed by atoms with Crippen molar-refractivity contribution in [1.29, 1.82) is 0 Å². The molecule has 0 spiro atoms. The molecule has 0 bridgehead atoms. The van der Waals surface area contributed by atoms with E-state index in [0.717, 1.165) is 25.3 Å². The number of carbonyl (C=O) groups excluding carboxylic acids is 1. The molecule has 1 rings (SSSR count). The minimum absolute atomic E-state index is 0.0494. The molecule has 4 heteroatoms. The third kappa shape index (κ3) is 5.47. The molecule has 1 fully saturated rings. The number of carbonyl (C=O) groups is 1. The summed E-state index contributed by atoms with van der Waals surface area (Å²) in [5.74, 6) is 0.803. The number of likely N-dealkylation sites (tertiary alicyclic amines) is 1. The second-order valence-corrected chi connectivity index (χ2v) is 4.81. The molecule has 0 aliphatic carbocycles. The van der Waals surface area contributed by atoms with E-state index in [4.69, 9.17) is 5.73 Å². The van der Waals surface area contributed by atoms with Gasteiger partial charge in [0.1, 0.15) is 0 Å². The van der Waals surface area contributed by atoms with Crippen LogP contribution in [0.3, 0.4) is 0 Å². The van der Waals surface area contributed by atoms with Gasteiger partial charge < -0.3 is 16.0 Å². The van der Waals surface area contributed by atoms with Gasteiger partial charge in [-0.25, -0.2) is 0 Å². The van der Waals surface area contributed by atoms with Gasteiger partial charge in [0, 0.05) is 13.1 Å². The summed E-state index contributed by atoms with van der Waals surface area (Å²) in [6.07, 6.45) is 4.93. The molecular formula is C12H25N3O. The average molecular weight is 227 g/mol. The molecule has 1 saturated heterocycles. The van der Waals surface area contributed by atoms with E-state index < -0.39 is 0 Å². The number of rotatable bonds is 6. The lowest BCUT2D eigenvalue weighted by atomic mass is 10.0. The Morgan fingerprint density at radius 1 is 1.50 bits per heavy atom. The number of amides is 1. The Labute approximate surface area is 98.6 Å². The van der Waals surface area contributed by atoms with E-state index in [0.29, 0.717) is 0 Å². The van der Waals surface area contributed by atoms with Gasteiger partial charge in [0.25, 0.3) is 0 Å². The Balaban J connectivity index is 1.96. The molecule has 0 saturated carbocycles. The molecule has 1 amide bonds. The molecule has 0 radical (unpaired) electrons. The second-order valence-electron chi connectivity index (χ2n) is 4.81. The van der Waals surface area contributed by atoms with Crippen LogP contribution >= 0.6 is 0 Å². The zero-order chi connectivity index (χ0) is 11.8. The Kier molecular flexibility index (Phi) is 6.42. The number of hydrogen-bond acceptors (Lipinski definition) is 3. The monoisotopic (exact) mass is 227 g/mol. The Morgan fingerprint density at radius 3 is 3.00 bits per heavy atom. The van der Waals surface area contributed by atoms with E-state index in [2.05, 4.69) is 17.1 Å². The number of piperidine rings is 1. The maximum Gasteiger partial charge on any atom is 0.233 e. The molecule has 0 aromatic carbocycles. The first-order chi connectivity index (χ1) is 7.72. The number of nitrogens with one attached hydrogen (secondary N) is 1. The third-order valence-corrected chi connectivity index (χ3v) is 3.15. The van der Waals surface area contributed by atoms with Gasteiger partial charge in [0.05, 0.1) is 6.54 Å². The first-order valence-corrected chi connectivity index (χ1v) is 6.41. The van der Waals surface area contributed by atoms with E-state index in [1.807, 2.05) is 0 Å². The number of nitrogens with two attached hydrogens (primary N) is 1. The van der Waals surface area contributed by atoms with E-state index in [1.165, 1.54) is 32.5 Å². The summed E-state index contributed by atoms with van der Waals surface area (Å²) in [7, 11) is 0. The van der Waals surface area contributed by atoms with Crippen LogP contribution in [0.1, 0.15) is 32.6 Å². The van der Waals surface area contributed by atoms with Crippen LogP contribution in [-0.2, 0) is 4.79 Å². The molecule has 94 valence electrons. The molecule has 1 aliphatic heterocycles. The lowest BCUT2D eigenvalue weighted by Gasteiger charge is -2.30. The van der Waals surface area contributed by atoms with Crippen molar-refractivity contribution in [2.45, 2.75) is 32.6 Å². The van der Waals surface area contributed by atoms with Gasteiger partial charge in [-0.15, -0.1) is 0 Å². The first kappa shape index (κ1) is 13.5. The van der Waals surface area contributed by atoms with Gasteiger partial charge >= 0.3 is 0 Å². The van der Waals surface area contributed by atoms with Crippen LogP contribution in [0.2, 0.25) is 0 Å². The molecular weight excluding hydrogens is 202 g/mol. The van der Waals surface area contributed by atoms with Crippen LogP contribution in [0.25, 0.3) is 0 Å². The summed E-state index contributed by atoms with van der Waals surface area (Å²) in [5.41, 5.74) is 5.20. The largest absolute Gasteiger partial charge is 0.355 e. The van der Waals surface area contributed by atoms with Crippen LogP contribution < -0.4 is 11.1 Å². The summed E-state index contributed by atoms with van der Waals surface area (Å²) in [6.45, 7) is 6.86. The molecule has 1 aliphatic rings. The molecule has 0 aromatic rings. The fraction of sp³-hybridized carbons (Fsp3) is 0.917. The van der Waals surface area contributed by atoms with E-state index in [1.54, 1.807) is 0 Å². The van der Waals surface area contributed by atoms with Crippen LogP contribution in [-0.4, -0.2) is 43.5 Å². The van der Waals surface area contributed by atoms with Crippen LogP contribution in [0.15, 0.2) is 0 Å². The summed E-state index contributed by atoms with van der Waals surface area (Å²) < 4.78 is 0. The molecule has 4 nitrogen and oxygen atoms in total. The Hall–Kier alpha value is -0.610. The standard InChI is InChI=1S/C12H25N3O/c1-11-5-4-8-15(10-11)7-3-2-6-14-12(16)9-13/h11H,2-10,13H2,1H3,(H,14,16). The fourth-order valence-electron chi connectivity index (χ4n) is 2.25. The molecule has 1 heterocycles. The summed E-state index contributed by atoms with van der Waals surface area (Å²) in [4.78, 5) is 13.4. The van der Waals surface area contributed by atoms with E-state index in [9.17, 15) is 4.79 Å². The van der Waals surface area contributed by atoms with Crippen molar-refractivity contribution in [3.05, 3.63) is 0 Å². The minimum Gasteiger partial charge on any atom is -0.355 e. The first-order valence-electron chi connectivity index (χ1n) is 6.41. The van der Waals surface area contributed by atoms with Gasteiger partial charge in [-0.1, -0.05) is 6.92 Å². The SMILES string of the molecule is CC1CCCN(CCCCNC(=O)CN)C1. The average Bonchev–Trinajstić information content (AvgIpc) is 2.28. The summed E-state index contributed by atoms with van der Waals surface area (Å²) in [6, 6.07) is 0. The summed E-state index contributed by atoms with van der Waals surface area (Å²) in [5, 5.41) is 2.80. The van der Waals surface area contributed by atoms with Gasteiger partial charge in [0.2, 0.25) is 5.91 Å². The van der Waals surface area contributed by atoms with Crippen molar-refractivity contribution in [2.24, 2.45) is 11.7 Å². The van der Waals surface area contributed by atoms with Crippen LogP contribution in [0, 0.1) is 5.92 Å². The molecule has 16 heavy (non-hydrogen) atoms. The number of hydrogen-bond donors (Lipinski definition) is 2. The Bertz CT molecular complexity index is 208. The highest BCUT2D eigenvalue weighted by atomic mass is 16.1. The maximum atomic E-state index is 10.9. The Morgan fingerprint density at radius 2 is 2.31 bits per heavy atom. The molecule has 1 unspecified atom stereocenters. The topological polar surface area (TPSA) is 58.4 Å². The predicted octanol–water partition coefficient (Wildman–Crippen LogP) is 0.573. The van der Waals surface area contributed by atoms with Crippen molar-refractivity contribution in [3.63, 3.8) is 0 Å². The zero-order valence-electron chi connectivity index (χ0n) is 10.4. The highest BCUT2D eigenvalue weighted by Crippen LogP contribution is 2.15. The van der Waals surface area contributed by atoms with E-state index in [-0.39, 0.29) is 12.5 Å². The smallest absolute Gasteiger partial charge is 0.233 e. The van der Waals surface area contributed by atoms with Gasteiger partial charge in [0.15, 0.2) is 0 Å². The fourth-order valence-corrected chi connectivity index (χ4v) is 2.25. The highest BCUT2D eigenvalue weighted by Gasteiger charge is 2.15. The lowest BCUT2D eigenvalue weighted by Crippen LogP contribution is -2.35. The lowest BCUT2D eigenvalue weighted by molar-refractivity contribution is -0.119. The molecule has 3 N–H and O–H groups in total. The molecule has 0 aromatic heterocycles. The zero-order valence-corrected chi connectivity index (χ0v) is 10.4. The van der Waals surface area contributed by atoms with Crippen molar-refractivity contribution < 1.29 is 4.79 Å². The van der Waals surface area contributed by atoms with Gasteiger partial charge in [-0.2, -0.15) is 0 Å². The van der Waals surface area contributed by atoms with Crippen LogP contribution in [0.4, 0.5) is 0 Å². The third-order valence-electron chi connectivity index (χ3n) is 3.15. The van der Waals surface area contributed by atoms with E-state index >= 15 is 0 Å². The molecule has 1 atom stereocenters. The second kappa shape index (κ2) is 7.63. The minimum atomic E-state index is -0.0494.